The van der Waals surface area contributed by atoms with Crippen molar-refractivity contribution in [3.05, 3.63) is 83.7 Å². The number of hydrogen-bond donors (Lipinski definition) is 1. The maximum Gasteiger partial charge on any atom is 0.252 e. The highest BCUT2D eigenvalue weighted by molar-refractivity contribution is 5.94. The molecule has 0 fully saturated rings. The number of carbonyl (C=O) groups is 1. The summed E-state index contributed by atoms with van der Waals surface area (Å²) >= 11 is 0. The first-order chi connectivity index (χ1) is 12.1. The van der Waals surface area contributed by atoms with Gasteiger partial charge >= 0.3 is 0 Å². The summed E-state index contributed by atoms with van der Waals surface area (Å²) in [7, 11) is 3.43. The molecule has 0 saturated heterocycles. The van der Waals surface area contributed by atoms with Crippen molar-refractivity contribution in [2.75, 3.05) is 7.11 Å². The minimum Gasteiger partial charge on any atom is -0.497 e. The van der Waals surface area contributed by atoms with Crippen LogP contribution in [0.3, 0.4) is 0 Å². The molecule has 1 heterocycles. The number of aryl methyl sites for hydroxylation is 1. The number of hydrogen-bond acceptors (Lipinski definition) is 3. The lowest BCUT2D eigenvalue weighted by atomic mass is 10.0. The first-order valence-corrected chi connectivity index (χ1v) is 7.76. The summed E-state index contributed by atoms with van der Waals surface area (Å²) in [5.41, 5.74) is 1.07. The molecule has 2 aromatic carbocycles. The normalized spacial score (nSPS) is 11.8. The van der Waals surface area contributed by atoms with Crippen molar-refractivity contribution in [3.63, 3.8) is 0 Å². The van der Waals surface area contributed by atoms with Gasteiger partial charge in [0, 0.05) is 25.0 Å². The summed E-state index contributed by atoms with van der Waals surface area (Å²) in [6.45, 7) is 0. The average molecular weight is 339 g/mol. The van der Waals surface area contributed by atoms with Crippen LogP contribution in [-0.4, -0.2) is 22.6 Å². The Kier molecular flexibility index (Phi) is 4.79. The molecule has 5 nitrogen and oxygen atoms in total. The second kappa shape index (κ2) is 7.17. The maximum atomic E-state index is 13.4. The van der Waals surface area contributed by atoms with Crippen molar-refractivity contribution in [1.82, 2.24) is 14.9 Å². The Bertz CT molecular complexity index is 892. The first kappa shape index (κ1) is 16.7. The molecule has 25 heavy (non-hydrogen) atoms. The Hall–Kier alpha value is -3.15. The minimum absolute atomic E-state index is 0.252. The maximum absolute atomic E-state index is 13.4. The number of amides is 1. The van der Waals surface area contributed by atoms with E-state index in [1.54, 1.807) is 25.6 Å². The van der Waals surface area contributed by atoms with Crippen molar-refractivity contribution in [2.24, 2.45) is 7.05 Å². The molecule has 0 spiro atoms. The number of aromatic nitrogens is 2. The molecule has 3 aromatic rings. The van der Waals surface area contributed by atoms with E-state index in [-0.39, 0.29) is 11.5 Å². The fraction of sp³-hybridized carbons (Fsp3) is 0.158. The number of ether oxygens (including phenoxy) is 1. The van der Waals surface area contributed by atoms with Crippen LogP contribution < -0.4 is 10.1 Å². The van der Waals surface area contributed by atoms with Gasteiger partial charge in [0.2, 0.25) is 0 Å². The Balaban J connectivity index is 1.97. The fourth-order valence-corrected chi connectivity index (χ4v) is 2.62. The van der Waals surface area contributed by atoms with Gasteiger partial charge in [-0.25, -0.2) is 9.37 Å². The molecular formula is C19H18FN3O2. The van der Waals surface area contributed by atoms with Crippen molar-refractivity contribution in [2.45, 2.75) is 6.04 Å². The lowest BCUT2D eigenvalue weighted by Gasteiger charge is -2.20. The summed E-state index contributed by atoms with van der Waals surface area (Å²) in [5.74, 6) is 0.507. The highest BCUT2D eigenvalue weighted by Gasteiger charge is 2.22. The monoisotopic (exact) mass is 339 g/mol. The predicted molar refractivity (Wildman–Crippen MR) is 91.9 cm³/mol. The average Bonchev–Trinajstić information content (AvgIpc) is 3.05. The van der Waals surface area contributed by atoms with Crippen molar-refractivity contribution >= 4 is 5.91 Å². The van der Waals surface area contributed by atoms with Gasteiger partial charge in [0.1, 0.15) is 23.4 Å². The summed E-state index contributed by atoms with van der Waals surface area (Å²) < 4.78 is 20.5. The molecule has 1 unspecified atom stereocenters. The second-order valence-electron chi connectivity index (χ2n) is 5.59. The number of methoxy groups -OCH3 is 1. The lowest BCUT2D eigenvalue weighted by molar-refractivity contribution is 0.0940. The molecule has 128 valence electrons. The summed E-state index contributed by atoms with van der Waals surface area (Å²) in [5, 5.41) is 2.93. The third-order valence-corrected chi connectivity index (χ3v) is 3.91. The minimum atomic E-state index is -0.495. The molecule has 1 amide bonds. The van der Waals surface area contributed by atoms with E-state index in [1.165, 1.54) is 18.2 Å². The molecule has 0 aliphatic rings. The van der Waals surface area contributed by atoms with Crippen LogP contribution in [0.1, 0.15) is 27.8 Å². The molecule has 6 heteroatoms. The quantitative estimate of drug-likeness (QED) is 0.777. The highest BCUT2D eigenvalue weighted by atomic mass is 19.1. The van der Waals surface area contributed by atoms with Crippen LogP contribution in [0.4, 0.5) is 4.39 Å². The number of carbonyl (C=O) groups excluding carboxylic acids is 1. The predicted octanol–water partition coefficient (Wildman–Crippen LogP) is 3.09. The molecule has 0 aliphatic carbocycles. The molecular weight excluding hydrogens is 321 g/mol. The van der Waals surface area contributed by atoms with Gasteiger partial charge in [-0.15, -0.1) is 0 Å². The zero-order chi connectivity index (χ0) is 17.8. The van der Waals surface area contributed by atoms with Gasteiger partial charge < -0.3 is 14.6 Å². The molecule has 0 radical (unpaired) electrons. The van der Waals surface area contributed by atoms with Gasteiger partial charge in [-0.05, 0) is 35.9 Å². The molecule has 1 N–H and O–H groups in total. The number of halogens is 1. The van der Waals surface area contributed by atoms with Gasteiger partial charge in [0.05, 0.1) is 7.11 Å². The van der Waals surface area contributed by atoms with Gasteiger partial charge in [0.15, 0.2) is 0 Å². The van der Waals surface area contributed by atoms with E-state index in [4.69, 9.17) is 4.74 Å². The lowest BCUT2D eigenvalue weighted by Crippen LogP contribution is -2.31. The SMILES string of the molecule is COc1cccc(C(NC(=O)c2cccc(F)c2)c2nccn2C)c1. The largest absolute Gasteiger partial charge is 0.497 e. The van der Waals surface area contributed by atoms with Crippen LogP contribution >= 0.6 is 0 Å². The van der Waals surface area contributed by atoms with E-state index >= 15 is 0 Å². The van der Waals surface area contributed by atoms with Crippen LogP contribution in [0.15, 0.2) is 60.9 Å². The topological polar surface area (TPSA) is 56.1 Å². The van der Waals surface area contributed by atoms with Gasteiger partial charge in [-0.1, -0.05) is 18.2 Å². The summed E-state index contributed by atoms with van der Waals surface area (Å²) in [6, 6.07) is 12.5. The Morgan fingerprint density at radius 3 is 2.72 bits per heavy atom. The first-order valence-electron chi connectivity index (χ1n) is 7.76. The Morgan fingerprint density at radius 2 is 2.04 bits per heavy atom. The number of rotatable bonds is 5. The molecule has 0 aliphatic heterocycles. The van der Waals surface area contributed by atoms with Crippen molar-refractivity contribution in [1.29, 1.82) is 0 Å². The number of nitrogens with one attached hydrogen (secondary N) is 1. The Morgan fingerprint density at radius 1 is 1.24 bits per heavy atom. The Labute approximate surface area is 145 Å². The second-order valence-corrected chi connectivity index (χ2v) is 5.59. The number of benzene rings is 2. The van der Waals surface area contributed by atoms with Crippen molar-refractivity contribution in [3.8, 4) is 5.75 Å². The standard InChI is InChI=1S/C19H18FN3O2/c1-23-10-9-21-18(23)17(13-5-4-8-16(12-13)25-2)22-19(24)14-6-3-7-15(20)11-14/h3-12,17H,1-2H3,(H,22,24). The molecule has 1 aromatic heterocycles. The van der Waals surface area contributed by atoms with Crippen LogP contribution in [0.2, 0.25) is 0 Å². The zero-order valence-corrected chi connectivity index (χ0v) is 13.9. The zero-order valence-electron chi connectivity index (χ0n) is 13.9. The highest BCUT2D eigenvalue weighted by Crippen LogP contribution is 2.24. The van der Waals surface area contributed by atoms with Crippen LogP contribution in [-0.2, 0) is 7.05 Å². The molecule has 0 saturated carbocycles. The molecule has 0 bridgehead atoms. The van der Waals surface area contributed by atoms with Gasteiger partial charge in [-0.2, -0.15) is 0 Å². The van der Waals surface area contributed by atoms with Crippen LogP contribution in [0.5, 0.6) is 5.75 Å². The summed E-state index contributed by atoms with van der Waals surface area (Å²) in [4.78, 5) is 16.9. The molecule has 3 rings (SSSR count). The number of imidazole rings is 1. The van der Waals surface area contributed by atoms with E-state index in [9.17, 15) is 9.18 Å². The third kappa shape index (κ3) is 3.68. The van der Waals surface area contributed by atoms with E-state index < -0.39 is 11.9 Å². The summed E-state index contributed by atoms with van der Waals surface area (Å²) in [6.07, 6.45) is 3.47. The smallest absolute Gasteiger partial charge is 0.252 e. The van der Waals surface area contributed by atoms with Gasteiger partial charge in [0.25, 0.3) is 5.91 Å². The van der Waals surface area contributed by atoms with E-state index in [1.807, 2.05) is 35.9 Å². The van der Waals surface area contributed by atoms with Crippen LogP contribution in [0.25, 0.3) is 0 Å². The number of nitrogens with zero attached hydrogens (tertiary/aromatic N) is 2. The van der Waals surface area contributed by atoms with E-state index in [2.05, 4.69) is 10.3 Å². The van der Waals surface area contributed by atoms with Crippen molar-refractivity contribution < 1.29 is 13.9 Å². The van der Waals surface area contributed by atoms with Crippen LogP contribution in [0, 0.1) is 5.82 Å². The fourth-order valence-electron chi connectivity index (χ4n) is 2.62. The van der Waals surface area contributed by atoms with Gasteiger partial charge in [-0.3, -0.25) is 4.79 Å². The third-order valence-electron chi connectivity index (χ3n) is 3.91. The van der Waals surface area contributed by atoms with E-state index in [0.717, 1.165) is 5.56 Å². The molecule has 1 atom stereocenters. The van der Waals surface area contributed by atoms with E-state index in [0.29, 0.717) is 11.6 Å².